The molecule has 110 valence electrons. The molecule has 3 N–H and O–H groups in total. The fourth-order valence-corrected chi connectivity index (χ4v) is 2.26. The average molecular weight is 315 g/mol. The van der Waals surface area contributed by atoms with E-state index < -0.39 is 0 Å². The van der Waals surface area contributed by atoms with E-state index in [9.17, 15) is 4.79 Å². The number of carbonyl (C=O) groups is 1. The number of hydrogen-bond acceptors (Lipinski definition) is 3. The molecule has 0 spiro atoms. The number of hydrogen-bond donors (Lipinski definition) is 2. The molecule has 0 saturated carbocycles. The number of thiocarbonyl (C=S) groups is 1. The summed E-state index contributed by atoms with van der Waals surface area (Å²) >= 11 is 10.9. The van der Waals surface area contributed by atoms with Crippen LogP contribution in [-0.2, 0) is 4.79 Å². The molecule has 1 rings (SSSR count). The van der Waals surface area contributed by atoms with Gasteiger partial charge in [-0.15, -0.1) is 0 Å². The van der Waals surface area contributed by atoms with Gasteiger partial charge < -0.3 is 15.8 Å². The minimum atomic E-state index is -0.152. The monoisotopic (exact) mass is 314 g/mol. The lowest BCUT2D eigenvalue weighted by Crippen LogP contribution is -2.35. The van der Waals surface area contributed by atoms with Crippen LogP contribution in [0.3, 0.4) is 0 Å². The first-order chi connectivity index (χ1) is 9.43. The van der Waals surface area contributed by atoms with E-state index in [1.165, 1.54) is 0 Å². The number of ether oxygens (including phenoxy) is 1. The average Bonchev–Trinajstić information content (AvgIpc) is 2.36. The van der Waals surface area contributed by atoms with Crippen molar-refractivity contribution in [2.45, 2.75) is 32.7 Å². The normalized spacial score (nSPS) is 11.8. The quantitative estimate of drug-likeness (QED) is 0.759. The Labute approximate surface area is 129 Å². The smallest absolute Gasteiger partial charge is 0.258 e. The summed E-state index contributed by atoms with van der Waals surface area (Å²) in [6, 6.07) is 5.11. The summed E-state index contributed by atoms with van der Waals surface area (Å²) < 4.78 is 5.38. The zero-order chi connectivity index (χ0) is 15.1. The van der Waals surface area contributed by atoms with E-state index in [4.69, 9.17) is 34.3 Å². The second-order valence-corrected chi connectivity index (χ2v) is 5.40. The van der Waals surface area contributed by atoms with Gasteiger partial charge in [0.1, 0.15) is 10.7 Å². The molecule has 0 saturated heterocycles. The van der Waals surface area contributed by atoms with E-state index in [2.05, 4.69) is 12.2 Å². The van der Waals surface area contributed by atoms with Crippen molar-refractivity contribution in [3.05, 3.63) is 28.8 Å². The molecule has 0 heterocycles. The first kappa shape index (κ1) is 16.7. The van der Waals surface area contributed by atoms with Gasteiger partial charge in [0.05, 0.1) is 5.02 Å². The summed E-state index contributed by atoms with van der Waals surface area (Å²) in [4.78, 5) is 11.9. The van der Waals surface area contributed by atoms with Crippen LogP contribution in [-0.4, -0.2) is 23.5 Å². The molecule has 4 nitrogen and oxygen atoms in total. The standard InChI is InChI=1S/C14H19ClN2O2S/c1-3-4-9(2)17-13(18)8-19-10-5-6-11(14(16)20)12(15)7-10/h5-7,9H,3-4,8H2,1-2H3,(H2,16,20)(H,17,18). The van der Waals surface area contributed by atoms with Gasteiger partial charge in [0.25, 0.3) is 5.91 Å². The number of nitrogens with two attached hydrogens (primary N) is 1. The Kier molecular flexibility index (Phi) is 6.75. The Bertz CT molecular complexity index is 494. The highest BCUT2D eigenvalue weighted by Gasteiger charge is 2.09. The molecule has 0 bridgehead atoms. The van der Waals surface area contributed by atoms with Crippen molar-refractivity contribution in [2.24, 2.45) is 5.73 Å². The lowest BCUT2D eigenvalue weighted by Gasteiger charge is -2.13. The predicted octanol–water partition coefficient (Wildman–Crippen LogP) is 2.66. The van der Waals surface area contributed by atoms with Gasteiger partial charge in [-0.05, 0) is 31.5 Å². The van der Waals surface area contributed by atoms with E-state index in [-0.39, 0.29) is 23.5 Å². The molecule has 1 amide bonds. The number of carbonyl (C=O) groups excluding carboxylic acids is 1. The molecule has 0 aliphatic rings. The Hall–Kier alpha value is -1.33. The maximum atomic E-state index is 11.7. The molecule has 1 atom stereocenters. The van der Waals surface area contributed by atoms with Crippen molar-refractivity contribution in [1.82, 2.24) is 5.32 Å². The molecule has 20 heavy (non-hydrogen) atoms. The number of halogens is 1. The predicted molar refractivity (Wildman–Crippen MR) is 85.3 cm³/mol. The number of amides is 1. The minimum absolute atomic E-state index is 0.0448. The number of rotatable bonds is 7. The maximum Gasteiger partial charge on any atom is 0.258 e. The van der Waals surface area contributed by atoms with Crippen LogP contribution >= 0.6 is 23.8 Å². The van der Waals surface area contributed by atoms with Crippen molar-refractivity contribution in [1.29, 1.82) is 0 Å². The molecule has 0 aliphatic heterocycles. The van der Waals surface area contributed by atoms with Crippen LogP contribution < -0.4 is 15.8 Å². The Morgan fingerprint density at radius 3 is 2.80 bits per heavy atom. The van der Waals surface area contributed by atoms with E-state index in [0.29, 0.717) is 16.3 Å². The van der Waals surface area contributed by atoms with Gasteiger partial charge in [-0.1, -0.05) is 37.2 Å². The van der Waals surface area contributed by atoms with Crippen LogP contribution in [0.2, 0.25) is 5.02 Å². The van der Waals surface area contributed by atoms with Gasteiger partial charge in [0.2, 0.25) is 0 Å². The van der Waals surface area contributed by atoms with Crippen LogP contribution in [0, 0.1) is 0 Å². The molecule has 1 aromatic carbocycles. The molecule has 0 fully saturated rings. The Morgan fingerprint density at radius 1 is 1.55 bits per heavy atom. The van der Waals surface area contributed by atoms with Gasteiger partial charge in [0.15, 0.2) is 6.61 Å². The molecule has 1 unspecified atom stereocenters. The fourth-order valence-electron chi connectivity index (χ4n) is 1.76. The third-order valence-corrected chi connectivity index (χ3v) is 3.24. The lowest BCUT2D eigenvalue weighted by atomic mass is 10.2. The van der Waals surface area contributed by atoms with Crippen molar-refractivity contribution in [3.63, 3.8) is 0 Å². The topological polar surface area (TPSA) is 64.3 Å². The molecule has 1 aromatic rings. The van der Waals surface area contributed by atoms with Crippen molar-refractivity contribution in [3.8, 4) is 5.75 Å². The van der Waals surface area contributed by atoms with E-state index in [0.717, 1.165) is 12.8 Å². The molecular formula is C14H19ClN2O2S. The van der Waals surface area contributed by atoms with Crippen LogP contribution in [0.1, 0.15) is 32.3 Å². The third-order valence-electron chi connectivity index (χ3n) is 2.71. The molecule has 0 aliphatic carbocycles. The number of nitrogens with one attached hydrogen (secondary N) is 1. The van der Waals surface area contributed by atoms with Crippen molar-refractivity contribution < 1.29 is 9.53 Å². The summed E-state index contributed by atoms with van der Waals surface area (Å²) in [6.07, 6.45) is 1.97. The summed E-state index contributed by atoms with van der Waals surface area (Å²) in [7, 11) is 0. The van der Waals surface area contributed by atoms with E-state index >= 15 is 0 Å². The van der Waals surface area contributed by atoms with Gasteiger partial charge in [-0.2, -0.15) is 0 Å². The number of benzene rings is 1. The summed E-state index contributed by atoms with van der Waals surface area (Å²) in [5, 5.41) is 3.27. The fraction of sp³-hybridized carbons (Fsp3) is 0.429. The van der Waals surface area contributed by atoms with Gasteiger partial charge in [-0.3, -0.25) is 4.79 Å². The largest absolute Gasteiger partial charge is 0.484 e. The highest BCUT2D eigenvalue weighted by Crippen LogP contribution is 2.22. The SMILES string of the molecule is CCCC(C)NC(=O)COc1ccc(C(N)=S)c(Cl)c1. The van der Waals surface area contributed by atoms with Crippen LogP contribution in [0.15, 0.2) is 18.2 Å². The Morgan fingerprint density at radius 2 is 2.25 bits per heavy atom. The highest BCUT2D eigenvalue weighted by atomic mass is 35.5. The van der Waals surface area contributed by atoms with Crippen LogP contribution in [0.4, 0.5) is 0 Å². The van der Waals surface area contributed by atoms with E-state index in [1.54, 1.807) is 18.2 Å². The second-order valence-electron chi connectivity index (χ2n) is 4.55. The van der Waals surface area contributed by atoms with Crippen molar-refractivity contribution >= 4 is 34.7 Å². The molecule has 6 heteroatoms. The van der Waals surface area contributed by atoms with E-state index in [1.807, 2.05) is 6.92 Å². The third kappa shape index (κ3) is 5.35. The maximum absolute atomic E-state index is 11.7. The summed E-state index contributed by atoms with van der Waals surface area (Å²) in [5.41, 5.74) is 6.10. The summed E-state index contributed by atoms with van der Waals surface area (Å²) in [6.45, 7) is 4.00. The Balaban J connectivity index is 2.52. The van der Waals surface area contributed by atoms with Gasteiger partial charge in [-0.25, -0.2) is 0 Å². The van der Waals surface area contributed by atoms with Crippen LogP contribution in [0.5, 0.6) is 5.75 Å². The van der Waals surface area contributed by atoms with Gasteiger partial charge >= 0.3 is 0 Å². The zero-order valence-corrected chi connectivity index (χ0v) is 13.2. The zero-order valence-electron chi connectivity index (χ0n) is 11.6. The first-order valence-electron chi connectivity index (χ1n) is 6.45. The minimum Gasteiger partial charge on any atom is -0.484 e. The molecular weight excluding hydrogens is 296 g/mol. The second kappa shape index (κ2) is 8.07. The lowest BCUT2D eigenvalue weighted by molar-refractivity contribution is -0.123. The first-order valence-corrected chi connectivity index (χ1v) is 7.24. The highest BCUT2D eigenvalue weighted by molar-refractivity contribution is 7.80. The van der Waals surface area contributed by atoms with Crippen molar-refractivity contribution in [2.75, 3.05) is 6.61 Å². The van der Waals surface area contributed by atoms with Gasteiger partial charge in [0, 0.05) is 11.6 Å². The van der Waals surface area contributed by atoms with Crippen LogP contribution in [0.25, 0.3) is 0 Å². The summed E-state index contributed by atoms with van der Waals surface area (Å²) in [5.74, 6) is 0.355. The molecule has 0 radical (unpaired) electrons. The molecule has 0 aromatic heterocycles.